The summed E-state index contributed by atoms with van der Waals surface area (Å²) in [4.78, 5) is 10.6. The third kappa shape index (κ3) is 1.50. The maximum Gasteiger partial charge on any atom is 0.260 e. The van der Waals surface area contributed by atoms with Gasteiger partial charge in [-0.05, 0) is 6.07 Å². The number of rotatable bonds is 0. The maximum atomic E-state index is 10.6. The van der Waals surface area contributed by atoms with Crippen LogP contribution in [0.3, 0.4) is 0 Å². The first kappa shape index (κ1) is 6.71. The summed E-state index contributed by atoms with van der Waals surface area (Å²) >= 11 is 9.30. The summed E-state index contributed by atoms with van der Waals surface area (Å²) in [7, 11) is 0. The van der Waals surface area contributed by atoms with Gasteiger partial charge in [0.05, 0.1) is 5.02 Å². The Labute approximate surface area is 62.6 Å². The van der Waals surface area contributed by atoms with Gasteiger partial charge in [0, 0.05) is 12.3 Å². The van der Waals surface area contributed by atoms with Crippen molar-refractivity contribution in [1.29, 1.82) is 0 Å². The number of aromatic nitrogens is 1. The van der Waals surface area contributed by atoms with Gasteiger partial charge in [0.15, 0.2) is 0 Å². The van der Waals surface area contributed by atoms with Crippen LogP contribution >= 0.6 is 24.4 Å². The molecule has 0 spiro atoms. The van der Waals surface area contributed by atoms with Gasteiger partial charge in [-0.25, -0.2) is 0 Å². The molecule has 0 radical (unpaired) electrons. The second-order valence-corrected chi connectivity index (χ2v) is 2.40. The monoisotopic (exact) mass is 161 g/mol. The normalized spacial score (nSPS) is 9.56. The lowest BCUT2D eigenvalue weighted by atomic mass is 10.5. The Morgan fingerprint density at radius 3 is 2.67 bits per heavy atom. The van der Waals surface area contributed by atoms with Crippen molar-refractivity contribution >= 4 is 24.4 Å². The van der Waals surface area contributed by atoms with Gasteiger partial charge in [-0.1, -0.05) is 24.4 Å². The van der Waals surface area contributed by atoms with Crippen molar-refractivity contribution in [2.45, 2.75) is 0 Å². The van der Waals surface area contributed by atoms with Crippen LogP contribution in [-0.4, -0.2) is 3.97 Å². The predicted molar refractivity (Wildman–Crippen MR) is 40.1 cm³/mol. The molecule has 0 saturated carbocycles. The number of pyridine rings is 1. The van der Waals surface area contributed by atoms with Gasteiger partial charge in [-0.2, -0.15) is 0 Å². The van der Waals surface area contributed by atoms with Crippen LogP contribution in [0.25, 0.3) is 0 Å². The molecule has 0 unspecified atom stereocenters. The molecular weight excluding hydrogens is 158 g/mol. The van der Waals surface area contributed by atoms with E-state index in [1.165, 1.54) is 18.3 Å². The quantitative estimate of drug-likeness (QED) is 0.568. The zero-order valence-corrected chi connectivity index (χ0v) is 6.06. The molecule has 1 aromatic rings. The molecule has 1 heterocycles. The second-order valence-electron chi connectivity index (χ2n) is 1.53. The van der Waals surface area contributed by atoms with E-state index in [0.29, 0.717) is 5.02 Å². The van der Waals surface area contributed by atoms with Crippen LogP contribution in [0.1, 0.15) is 0 Å². The highest BCUT2D eigenvalue weighted by atomic mass is 35.5. The van der Waals surface area contributed by atoms with E-state index in [9.17, 15) is 4.79 Å². The van der Waals surface area contributed by atoms with Crippen molar-refractivity contribution in [2.75, 3.05) is 0 Å². The minimum absolute atomic E-state index is 0.178. The molecule has 1 rings (SSSR count). The summed E-state index contributed by atoms with van der Waals surface area (Å²) in [6.07, 6.45) is 1.44. The van der Waals surface area contributed by atoms with Crippen LogP contribution in [0.15, 0.2) is 23.1 Å². The molecule has 4 heteroatoms. The molecule has 0 aromatic carbocycles. The van der Waals surface area contributed by atoms with E-state index in [-0.39, 0.29) is 5.56 Å². The summed E-state index contributed by atoms with van der Waals surface area (Å²) in [5.74, 6) is 0. The number of hydrogen-bond donors (Lipinski definition) is 1. The average molecular weight is 162 g/mol. The number of hydrogen-bond acceptors (Lipinski definition) is 2. The molecule has 48 valence electrons. The lowest BCUT2D eigenvalue weighted by Crippen LogP contribution is -2.08. The largest absolute Gasteiger partial charge is 0.268 e. The SMILES string of the molecule is O=c1ccc(Cl)cn1S. The molecule has 0 saturated heterocycles. The van der Waals surface area contributed by atoms with Crippen LogP contribution in [0, 0.1) is 0 Å². The molecule has 0 atom stereocenters. The van der Waals surface area contributed by atoms with E-state index in [4.69, 9.17) is 11.6 Å². The lowest BCUT2D eigenvalue weighted by molar-refractivity contribution is 1.16. The van der Waals surface area contributed by atoms with Crippen molar-refractivity contribution in [1.82, 2.24) is 3.97 Å². The molecule has 9 heavy (non-hydrogen) atoms. The molecule has 0 aliphatic carbocycles. The Kier molecular flexibility index (Phi) is 1.83. The average Bonchev–Trinajstić information content (AvgIpc) is 1.80. The summed E-state index contributed by atoms with van der Waals surface area (Å²) in [5, 5.41) is 0.504. The minimum Gasteiger partial charge on any atom is -0.268 e. The molecule has 0 N–H and O–H groups in total. The van der Waals surface area contributed by atoms with Crippen molar-refractivity contribution in [2.24, 2.45) is 0 Å². The van der Waals surface area contributed by atoms with E-state index in [2.05, 4.69) is 12.8 Å². The topological polar surface area (TPSA) is 22.0 Å². The number of halogens is 1. The highest BCUT2D eigenvalue weighted by Gasteiger charge is 1.88. The second kappa shape index (κ2) is 2.45. The molecule has 2 nitrogen and oxygen atoms in total. The molecular formula is C5H4ClNOS. The van der Waals surface area contributed by atoms with Crippen LogP contribution in [-0.2, 0) is 0 Å². The van der Waals surface area contributed by atoms with Gasteiger partial charge in [0.2, 0.25) is 0 Å². The lowest BCUT2D eigenvalue weighted by Gasteiger charge is -1.91. The summed E-state index contributed by atoms with van der Waals surface area (Å²) < 4.78 is 1.13. The van der Waals surface area contributed by atoms with Gasteiger partial charge in [0.25, 0.3) is 5.56 Å². The highest BCUT2D eigenvalue weighted by molar-refractivity contribution is 7.78. The van der Waals surface area contributed by atoms with E-state index < -0.39 is 0 Å². The first-order valence-electron chi connectivity index (χ1n) is 2.27. The summed E-state index contributed by atoms with van der Waals surface area (Å²) in [6, 6.07) is 2.88. The Morgan fingerprint density at radius 2 is 2.22 bits per heavy atom. The zero-order valence-electron chi connectivity index (χ0n) is 4.41. The molecule has 1 aromatic heterocycles. The third-order valence-electron chi connectivity index (χ3n) is 0.857. The summed E-state index contributed by atoms with van der Waals surface area (Å²) in [5.41, 5.74) is -0.178. The smallest absolute Gasteiger partial charge is 0.260 e. The minimum atomic E-state index is -0.178. The van der Waals surface area contributed by atoms with Gasteiger partial charge in [-0.15, -0.1) is 0 Å². The Morgan fingerprint density at radius 1 is 1.56 bits per heavy atom. The van der Waals surface area contributed by atoms with Crippen LogP contribution in [0.5, 0.6) is 0 Å². The molecule has 0 amide bonds. The van der Waals surface area contributed by atoms with Gasteiger partial charge in [0.1, 0.15) is 0 Å². The van der Waals surface area contributed by atoms with E-state index >= 15 is 0 Å². The fourth-order valence-electron chi connectivity index (χ4n) is 0.451. The van der Waals surface area contributed by atoms with Crippen molar-refractivity contribution in [3.8, 4) is 0 Å². The molecule has 0 bridgehead atoms. The Balaban J connectivity index is 3.34. The predicted octanol–water partition coefficient (Wildman–Crippen LogP) is 1.19. The molecule has 0 aliphatic rings. The third-order valence-corrected chi connectivity index (χ3v) is 1.39. The standard InChI is InChI=1S/C5H4ClNOS/c6-4-1-2-5(8)7(9)3-4/h1-3,9H. The number of nitrogens with zero attached hydrogens (tertiary/aromatic N) is 1. The van der Waals surface area contributed by atoms with Gasteiger partial charge < -0.3 is 0 Å². The fraction of sp³-hybridized carbons (Fsp3) is 0. The van der Waals surface area contributed by atoms with Crippen molar-refractivity contribution in [3.05, 3.63) is 33.7 Å². The first-order valence-corrected chi connectivity index (χ1v) is 3.05. The van der Waals surface area contributed by atoms with E-state index in [1.54, 1.807) is 0 Å². The maximum absolute atomic E-state index is 10.6. The van der Waals surface area contributed by atoms with Crippen LogP contribution in [0.2, 0.25) is 5.02 Å². The molecule has 0 fully saturated rings. The van der Waals surface area contributed by atoms with Crippen LogP contribution in [0.4, 0.5) is 0 Å². The van der Waals surface area contributed by atoms with Crippen molar-refractivity contribution in [3.63, 3.8) is 0 Å². The highest BCUT2D eigenvalue weighted by Crippen LogP contribution is 2.02. The van der Waals surface area contributed by atoms with Crippen LogP contribution < -0.4 is 5.56 Å². The number of thiol groups is 1. The summed E-state index contributed by atoms with van der Waals surface area (Å²) in [6.45, 7) is 0. The molecule has 0 aliphatic heterocycles. The van der Waals surface area contributed by atoms with E-state index in [1.807, 2.05) is 0 Å². The van der Waals surface area contributed by atoms with Gasteiger partial charge >= 0.3 is 0 Å². The first-order chi connectivity index (χ1) is 4.20. The van der Waals surface area contributed by atoms with Crippen molar-refractivity contribution < 1.29 is 0 Å². The van der Waals surface area contributed by atoms with Gasteiger partial charge in [-0.3, -0.25) is 8.77 Å². The zero-order chi connectivity index (χ0) is 6.85. The van der Waals surface area contributed by atoms with E-state index in [0.717, 1.165) is 3.97 Å². The Hall–Kier alpha value is -0.410. The fourth-order valence-corrected chi connectivity index (χ4v) is 0.870. The Bertz CT molecular complexity index is 270.